The van der Waals surface area contributed by atoms with Crippen LogP contribution in [0.25, 0.3) is 0 Å². The van der Waals surface area contributed by atoms with Crippen molar-refractivity contribution in [3.63, 3.8) is 0 Å². The first-order valence-corrected chi connectivity index (χ1v) is 10.7. The standard InChI is InChI=1S/C20H29N3O5S/c1-7-27-17(25)14-8-22(16(24)15-12(2)21-13(3)29-15)9-20(14)10-23(11-20)18(26)28-19(4,5)6/h14H,7-11H2,1-6H3. The third-order valence-electron chi connectivity index (χ3n) is 5.27. The molecule has 160 valence electrons. The van der Waals surface area contributed by atoms with Crippen LogP contribution >= 0.6 is 11.3 Å². The SMILES string of the molecule is CCOC(=O)C1CN(C(=O)c2sc(C)nc2C)CC12CN(C(=O)OC(C)(C)C)C2. The molecule has 0 N–H and O–H groups in total. The molecule has 2 saturated heterocycles. The van der Waals surface area contributed by atoms with E-state index in [2.05, 4.69) is 4.98 Å². The Morgan fingerprint density at radius 2 is 1.79 bits per heavy atom. The van der Waals surface area contributed by atoms with Gasteiger partial charge >= 0.3 is 12.1 Å². The molecule has 1 aromatic heterocycles. The Bertz CT molecular complexity index is 823. The fourth-order valence-electron chi connectivity index (χ4n) is 4.05. The van der Waals surface area contributed by atoms with Crippen LogP contribution in [0.2, 0.25) is 0 Å². The number of ether oxygens (including phenoxy) is 2. The minimum absolute atomic E-state index is 0.116. The molecule has 0 bridgehead atoms. The monoisotopic (exact) mass is 423 g/mol. The van der Waals surface area contributed by atoms with E-state index >= 15 is 0 Å². The average molecular weight is 424 g/mol. The van der Waals surface area contributed by atoms with E-state index in [1.54, 1.807) is 16.7 Å². The first-order chi connectivity index (χ1) is 13.5. The predicted molar refractivity (Wildman–Crippen MR) is 108 cm³/mol. The van der Waals surface area contributed by atoms with E-state index < -0.39 is 23.0 Å². The Hall–Kier alpha value is -2.16. The molecule has 8 nitrogen and oxygen atoms in total. The van der Waals surface area contributed by atoms with Gasteiger partial charge in [-0.3, -0.25) is 9.59 Å². The molecule has 1 atom stereocenters. The highest BCUT2D eigenvalue weighted by Crippen LogP contribution is 2.45. The molecule has 0 aliphatic carbocycles. The molecule has 0 radical (unpaired) electrons. The number of nitrogens with zero attached hydrogens (tertiary/aromatic N) is 3. The highest BCUT2D eigenvalue weighted by atomic mass is 32.1. The van der Waals surface area contributed by atoms with Crippen LogP contribution in [0.3, 0.4) is 0 Å². The molecule has 2 aliphatic rings. The van der Waals surface area contributed by atoms with Gasteiger partial charge in [0.15, 0.2) is 0 Å². The van der Waals surface area contributed by atoms with Crippen molar-refractivity contribution in [3.8, 4) is 0 Å². The summed E-state index contributed by atoms with van der Waals surface area (Å²) < 4.78 is 10.7. The van der Waals surface area contributed by atoms with Gasteiger partial charge in [0, 0.05) is 31.6 Å². The van der Waals surface area contributed by atoms with Crippen molar-refractivity contribution in [3.05, 3.63) is 15.6 Å². The van der Waals surface area contributed by atoms with Crippen LogP contribution in [0, 0.1) is 25.2 Å². The summed E-state index contributed by atoms with van der Waals surface area (Å²) >= 11 is 1.36. The summed E-state index contributed by atoms with van der Waals surface area (Å²) in [7, 11) is 0. The number of rotatable bonds is 3. The molecular formula is C20H29N3O5S. The molecule has 2 fully saturated rings. The number of hydrogen-bond donors (Lipinski definition) is 0. The second-order valence-corrected chi connectivity index (χ2v) is 10.0. The molecule has 1 spiro atoms. The number of amides is 2. The summed E-state index contributed by atoms with van der Waals surface area (Å²) in [5, 5.41) is 0.835. The number of likely N-dealkylation sites (tertiary alicyclic amines) is 2. The Morgan fingerprint density at radius 1 is 1.17 bits per heavy atom. The summed E-state index contributed by atoms with van der Waals surface area (Å²) in [6.07, 6.45) is -0.399. The third kappa shape index (κ3) is 4.24. The van der Waals surface area contributed by atoms with Gasteiger partial charge in [-0.25, -0.2) is 9.78 Å². The summed E-state index contributed by atoms with van der Waals surface area (Å²) in [5.41, 5.74) is -0.373. The number of carbonyl (C=O) groups excluding carboxylic acids is 3. The molecule has 0 saturated carbocycles. The summed E-state index contributed by atoms with van der Waals surface area (Å²) in [5.74, 6) is -0.891. The largest absolute Gasteiger partial charge is 0.466 e. The van der Waals surface area contributed by atoms with Crippen LogP contribution in [0.15, 0.2) is 0 Å². The van der Waals surface area contributed by atoms with Crippen molar-refractivity contribution in [1.29, 1.82) is 0 Å². The summed E-state index contributed by atoms with van der Waals surface area (Å²) in [6, 6.07) is 0. The fraction of sp³-hybridized carbons (Fsp3) is 0.700. The van der Waals surface area contributed by atoms with E-state index in [1.165, 1.54) is 11.3 Å². The second kappa shape index (κ2) is 7.59. The minimum atomic E-state index is -0.584. The third-order valence-corrected chi connectivity index (χ3v) is 6.33. The van der Waals surface area contributed by atoms with Crippen LogP contribution in [-0.2, 0) is 14.3 Å². The molecule has 3 heterocycles. The van der Waals surface area contributed by atoms with Crippen molar-refractivity contribution in [1.82, 2.24) is 14.8 Å². The molecule has 2 amide bonds. The Morgan fingerprint density at radius 3 is 2.31 bits per heavy atom. The Kier molecular flexibility index (Phi) is 5.64. The normalized spacial score (nSPS) is 20.6. The zero-order valence-corrected chi connectivity index (χ0v) is 18.7. The lowest BCUT2D eigenvalue weighted by Gasteiger charge is -2.49. The average Bonchev–Trinajstić information content (AvgIpc) is 3.12. The molecule has 3 rings (SSSR count). The van der Waals surface area contributed by atoms with Crippen LogP contribution in [0.1, 0.15) is 48.1 Å². The van der Waals surface area contributed by atoms with Gasteiger partial charge in [0.05, 0.1) is 23.2 Å². The second-order valence-electron chi connectivity index (χ2n) is 8.84. The van der Waals surface area contributed by atoms with E-state index in [9.17, 15) is 14.4 Å². The zero-order chi connectivity index (χ0) is 21.6. The number of aromatic nitrogens is 1. The first-order valence-electron chi connectivity index (χ1n) is 9.83. The molecule has 1 unspecified atom stereocenters. The molecule has 29 heavy (non-hydrogen) atoms. The van der Waals surface area contributed by atoms with Crippen LogP contribution in [-0.4, -0.2) is 71.1 Å². The van der Waals surface area contributed by atoms with E-state index in [0.717, 1.165) is 5.01 Å². The van der Waals surface area contributed by atoms with E-state index in [0.29, 0.717) is 30.2 Å². The highest BCUT2D eigenvalue weighted by molar-refractivity contribution is 7.13. The van der Waals surface area contributed by atoms with E-state index in [1.807, 2.05) is 34.6 Å². The predicted octanol–water partition coefficient (Wildman–Crippen LogP) is 2.63. The Balaban J connectivity index is 1.77. The van der Waals surface area contributed by atoms with Crippen molar-refractivity contribution in [2.75, 3.05) is 32.8 Å². The zero-order valence-electron chi connectivity index (χ0n) is 17.9. The number of carbonyl (C=O) groups is 3. The maximum absolute atomic E-state index is 13.1. The number of esters is 1. The summed E-state index contributed by atoms with van der Waals surface area (Å²) in [4.78, 5) is 46.3. The van der Waals surface area contributed by atoms with Gasteiger partial charge in [0.25, 0.3) is 5.91 Å². The number of hydrogen-bond acceptors (Lipinski definition) is 7. The van der Waals surface area contributed by atoms with Crippen molar-refractivity contribution in [2.45, 2.75) is 47.1 Å². The maximum Gasteiger partial charge on any atom is 0.410 e. The van der Waals surface area contributed by atoms with Crippen LogP contribution in [0.4, 0.5) is 4.79 Å². The lowest BCUT2D eigenvalue weighted by molar-refractivity contribution is -0.155. The Labute approximate surface area is 175 Å². The van der Waals surface area contributed by atoms with Crippen LogP contribution in [0.5, 0.6) is 0 Å². The van der Waals surface area contributed by atoms with Crippen molar-refractivity contribution in [2.24, 2.45) is 11.3 Å². The van der Waals surface area contributed by atoms with Gasteiger partial charge in [-0.1, -0.05) is 0 Å². The number of aryl methyl sites for hydroxylation is 2. The van der Waals surface area contributed by atoms with Crippen molar-refractivity contribution < 1.29 is 23.9 Å². The fourth-order valence-corrected chi connectivity index (χ4v) is 4.94. The van der Waals surface area contributed by atoms with Gasteiger partial charge in [-0.05, 0) is 41.5 Å². The quantitative estimate of drug-likeness (QED) is 0.695. The molecule has 0 aromatic carbocycles. The summed E-state index contributed by atoms with van der Waals surface area (Å²) in [6.45, 7) is 12.6. The minimum Gasteiger partial charge on any atom is -0.466 e. The van der Waals surface area contributed by atoms with Gasteiger partial charge in [-0.2, -0.15) is 0 Å². The van der Waals surface area contributed by atoms with E-state index in [4.69, 9.17) is 9.47 Å². The van der Waals surface area contributed by atoms with Gasteiger partial charge in [-0.15, -0.1) is 11.3 Å². The van der Waals surface area contributed by atoms with Gasteiger partial charge in [0.2, 0.25) is 0 Å². The highest BCUT2D eigenvalue weighted by Gasteiger charge is 2.60. The number of thiazole rings is 1. The van der Waals surface area contributed by atoms with Crippen molar-refractivity contribution >= 4 is 29.3 Å². The maximum atomic E-state index is 13.1. The van der Waals surface area contributed by atoms with Gasteiger partial charge < -0.3 is 19.3 Å². The topological polar surface area (TPSA) is 89.0 Å². The lowest BCUT2D eigenvalue weighted by atomic mass is 9.71. The van der Waals surface area contributed by atoms with E-state index in [-0.39, 0.29) is 25.0 Å². The molecule has 2 aliphatic heterocycles. The van der Waals surface area contributed by atoms with Gasteiger partial charge in [0.1, 0.15) is 10.5 Å². The smallest absolute Gasteiger partial charge is 0.410 e. The molecule has 1 aromatic rings. The lowest BCUT2D eigenvalue weighted by Crippen LogP contribution is -2.64. The molecular weight excluding hydrogens is 394 g/mol. The molecule has 9 heteroatoms. The van der Waals surface area contributed by atoms with Crippen LogP contribution < -0.4 is 0 Å². The first kappa shape index (κ1) is 21.5.